The van der Waals surface area contributed by atoms with Crippen LogP contribution in [0.25, 0.3) is 22.2 Å². The number of hydrogen-bond donors (Lipinski definition) is 2. The first-order chi connectivity index (χ1) is 15.8. The second-order valence-electron chi connectivity index (χ2n) is 8.67. The third-order valence-corrected chi connectivity index (χ3v) is 6.46. The number of amides is 2. The second-order valence-corrected chi connectivity index (χ2v) is 8.67. The van der Waals surface area contributed by atoms with Gasteiger partial charge in [-0.15, -0.1) is 0 Å². The van der Waals surface area contributed by atoms with Crippen molar-refractivity contribution in [3.05, 3.63) is 59.9 Å². The maximum atomic E-state index is 13.5. The molecule has 0 bridgehead atoms. The van der Waals surface area contributed by atoms with Gasteiger partial charge in [-0.2, -0.15) is 0 Å². The van der Waals surface area contributed by atoms with Crippen molar-refractivity contribution in [3.63, 3.8) is 0 Å². The highest BCUT2D eigenvalue weighted by atomic mass is 19.1. The first-order valence-electron chi connectivity index (χ1n) is 11.1. The van der Waals surface area contributed by atoms with Crippen LogP contribution in [0.15, 0.2) is 42.5 Å². The molecule has 1 aliphatic heterocycles. The van der Waals surface area contributed by atoms with Crippen LogP contribution in [0.1, 0.15) is 32.1 Å². The number of carbonyl (C=O) groups excluding carboxylic acids is 2. The zero-order chi connectivity index (χ0) is 23.5. The zero-order valence-corrected chi connectivity index (χ0v) is 18.1. The van der Waals surface area contributed by atoms with E-state index < -0.39 is 11.6 Å². The van der Waals surface area contributed by atoms with Crippen molar-refractivity contribution in [1.82, 2.24) is 9.88 Å². The van der Waals surface area contributed by atoms with Crippen LogP contribution in [-0.4, -0.2) is 34.8 Å². The number of benzene rings is 2. The molecule has 1 aliphatic carbocycles. The molecule has 1 saturated carbocycles. The Bertz CT molecular complexity index is 1150. The molecule has 8 heteroatoms. The minimum atomic E-state index is -0.640. The lowest BCUT2D eigenvalue weighted by Gasteiger charge is -2.35. The lowest BCUT2D eigenvalue weighted by atomic mass is 9.83. The van der Waals surface area contributed by atoms with Gasteiger partial charge in [0.1, 0.15) is 17.5 Å². The Labute approximate surface area is 189 Å². The number of likely N-dealkylation sites (tertiary alicyclic amines) is 1. The summed E-state index contributed by atoms with van der Waals surface area (Å²) in [5.41, 5.74) is 6.82. The number of nitrogens with two attached hydrogens (primary N) is 1. The summed E-state index contributed by atoms with van der Waals surface area (Å²) in [6.45, 7) is 1.42. The Kier molecular flexibility index (Phi) is 6.72. The third-order valence-electron chi connectivity index (χ3n) is 6.46. The fourth-order valence-corrected chi connectivity index (χ4v) is 4.25. The van der Waals surface area contributed by atoms with E-state index in [0.717, 1.165) is 31.7 Å². The largest absolute Gasteiger partial charge is 0.369 e. The standard InChI is InChI=1S/C14H8F3N.C11H18N2O2/c15-10-3-1-8(2-4-10)13-6-9-5-11(16)7-12(17)14(9)18-13;12-10(14)8-4-6-13(7-5-8)11(15)9-2-1-3-9/h1-7,18H;8-9H,1-7H2,(H2,12,14). The minimum Gasteiger partial charge on any atom is -0.369 e. The van der Waals surface area contributed by atoms with Crippen LogP contribution in [0, 0.1) is 29.3 Å². The Morgan fingerprint density at radius 2 is 1.55 bits per heavy atom. The second kappa shape index (κ2) is 9.68. The summed E-state index contributed by atoms with van der Waals surface area (Å²) in [4.78, 5) is 27.6. The molecular formula is C25H26F3N3O2. The molecule has 2 aliphatic rings. The van der Waals surface area contributed by atoms with E-state index in [1.165, 1.54) is 24.6 Å². The van der Waals surface area contributed by atoms with E-state index in [1.54, 1.807) is 18.2 Å². The molecule has 0 unspecified atom stereocenters. The molecule has 1 saturated heterocycles. The summed E-state index contributed by atoms with van der Waals surface area (Å²) in [5.74, 6) is -1.27. The Morgan fingerprint density at radius 3 is 2.12 bits per heavy atom. The molecule has 5 rings (SSSR count). The van der Waals surface area contributed by atoms with Gasteiger partial charge in [-0.25, -0.2) is 13.2 Å². The topological polar surface area (TPSA) is 79.2 Å². The number of carbonyl (C=O) groups is 2. The summed E-state index contributed by atoms with van der Waals surface area (Å²) in [6.07, 6.45) is 4.78. The van der Waals surface area contributed by atoms with E-state index >= 15 is 0 Å². The lowest BCUT2D eigenvalue weighted by Crippen LogP contribution is -2.45. The van der Waals surface area contributed by atoms with Gasteiger partial charge in [-0.3, -0.25) is 9.59 Å². The van der Waals surface area contributed by atoms with E-state index in [2.05, 4.69) is 4.98 Å². The van der Waals surface area contributed by atoms with Gasteiger partial charge < -0.3 is 15.6 Å². The van der Waals surface area contributed by atoms with E-state index in [0.29, 0.717) is 35.6 Å². The van der Waals surface area contributed by atoms with E-state index in [-0.39, 0.29) is 29.1 Å². The number of nitrogens with one attached hydrogen (secondary N) is 1. The van der Waals surface area contributed by atoms with Crippen molar-refractivity contribution in [1.29, 1.82) is 0 Å². The molecule has 0 spiro atoms. The van der Waals surface area contributed by atoms with Gasteiger partial charge in [0.2, 0.25) is 11.8 Å². The number of aromatic amines is 1. The van der Waals surface area contributed by atoms with Gasteiger partial charge in [-0.1, -0.05) is 6.42 Å². The van der Waals surface area contributed by atoms with Crippen molar-refractivity contribution in [2.75, 3.05) is 13.1 Å². The molecule has 3 aromatic rings. The highest BCUT2D eigenvalue weighted by Crippen LogP contribution is 2.30. The number of halogens is 3. The van der Waals surface area contributed by atoms with Crippen molar-refractivity contribution in [2.24, 2.45) is 17.6 Å². The van der Waals surface area contributed by atoms with Gasteiger partial charge >= 0.3 is 0 Å². The minimum absolute atomic E-state index is 0.0181. The van der Waals surface area contributed by atoms with Crippen LogP contribution in [-0.2, 0) is 9.59 Å². The van der Waals surface area contributed by atoms with E-state index in [1.807, 2.05) is 4.90 Å². The van der Waals surface area contributed by atoms with E-state index in [4.69, 9.17) is 5.73 Å². The lowest BCUT2D eigenvalue weighted by molar-refractivity contribution is -0.141. The molecule has 2 heterocycles. The molecule has 1 aromatic heterocycles. The number of aromatic nitrogens is 1. The summed E-state index contributed by atoms with van der Waals surface area (Å²) in [7, 11) is 0. The van der Waals surface area contributed by atoms with Crippen LogP contribution in [0.5, 0.6) is 0 Å². The molecule has 33 heavy (non-hydrogen) atoms. The summed E-state index contributed by atoms with van der Waals surface area (Å²) < 4.78 is 39.4. The van der Waals surface area contributed by atoms with Crippen LogP contribution >= 0.6 is 0 Å². The van der Waals surface area contributed by atoms with Gasteiger partial charge in [0.15, 0.2) is 0 Å². The molecule has 2 fully saturated rings. The van der Waals surface area contributed by atoms with Crippen molar-refractivity contribution < 1.29 is 22.8 Å². The normalized spacial score (nSPS) is 16.8. The quantitative estimate of drug-likeness (QED) is 0.595. The number of H-pyrrole nitrogens is 1. The van der Waals surface area contributed by atoms with Crippen LogP contribution in [0.3, 0.4) is 0 Å². The van der Waals surface area contributed by atoms with Crippen molar-refractivity contribution in [2.45, 2.75) is 32.1 Å². The molecule has 5 nitrogen and oxygen atoms in total. The van der Waals surface area contributed by atoms with Crippen LogP contribution < -0.4 is 5.73 Å². The van der Waals surface area contributed by atoms with Crippen molar-refractivity contribution in [3.8, 4) is 11.3 Å². The third kappa shape index (κ3) is 5.21. The fourth-order valence-electron chi connectivity index (χ4n) is 4.25. The predicted molar refractivity (Wildman–Crippen MR) is 119 cm³/mol. The average Bonchev–Trinajstić information content (AvgIpc) is 3.18. The summed E-state index contributed by atoms with van der Waals surface area (Å²) in [5, 5.41) is 0.451. The Balaban J connectivity index is 0.000000160. The fraction of sp³-hybridized carbons (Fsp3) is 0.360. The number of nitrogens with zero attached hydrogens (tertiary/aromatic N) is 1. The summed E-state index contributed by atoms with van der Waals surface area (Å²) >= 11 is 0. The predicted octanol–water partition coefficient (Wildman–Crippen LogP) is 4.76. The van der Waals surface area contributed by atoms with Gasteiger partial charge in [-0.05, 0) is 67.6 Å². The van der Waals surface area contributed by atoms with Crippen LogP contribution in [0.4, 0.5) is 13.2 Å². The molecule has 2 aromatic carbocycles. The Hall–Kier alpha value is -3.29. The highest BCUT2D eigenvalue weighted by Gasteiger charge is 2.32. The maximum absolute atomic E-state index is 13.5. The van der Waals surface area contributed by atoms with Gasteiger partial charge in [0, 0.05) is 42.1 Å². The SMILES string of the molecule is Fc1ccc(-c2cc3cc(F)cc(F)c3[nH]2)cc1.NC(=O)C1CCN(C(=O)C2CCC2)CC1. The van der Waals surface area contributed by atoms with Gasteiger partial charge in [0.25, 0.3) is 0 Å². The molecule has 0 radical (unpaired) electrons. The number of hydrogen-bond acceptors (Lipinski definition) is 2. The summed E-state index contributed by atoms with van der Waals surface area (Å²) in [6, 6.07) is 9.50. The number of primary amides is 1. The zero-order valence-electron chi connectivity index (χ0n) is 18.1. The molecular weight excluding hydrogens is 431 g/mol. The van der Waals surface area contributed by atoms with E-state index in [9.17, 15) is 22.8 Å². The number of fused-ring (bicyclic) bond motifs is 1. The number of piperidine rings is 1. The first-order valence-corrected chi connectivity index (χ1v) is 11.1. The molecule has 2 amide bonds. The van der Waals surface area contributed by atoms with Crippen molar-refractivity contribution >= 4 is 22.7 Å². The smallest absolute Gasteiger partial charge is 0.225 e. The molecule has 174 valence electrons. The first kappa shape index (κ1) is 22.9. The molecule has 3 N–H and O–H groups in total. The average molecular weight is 457 g/mol. The number of rotatable bonds is 3. The van der Waals surface area contributed by atoms with Crippen LogP contribution in [0.2, 0.25) is 0 Å². The molecule has 0 atom stereocenters. The maximum Gasteiger partial charge on any atom is 0.225 e. The monoisotopic (exact) mass is 457 g/mol. The highest BCUT2D eigenvalue weighted by molar-refractivity contribution is 5.86. The Morgan fingerprint density at radius 1 is 0.879 bits per heavy atom. The van der Waals surface area contributed by atoms with Gasteiger partial charge in [0.05, 0.1) is 5.52 Å².